The lowest BCUT2D eigenvalue weighted by atomic mass is 10.1. The van der Waals surface area contributed by atoms with Gasteiger partial charge in [0, 0.05) is 18.6 Å². The van der Waals surface area contributed by atoms with E-state index in [-0.39, 0.29) is 5.91 Å². The van der Waals surface area contributed by atoms with Crippen LogP contribution in [0, 0.1) is 6.07 Å². The molecule has 4 nitrogen and oxygen atoms in total. The van der Waals surface area contributed by atoms with Crippen molar-refractivity contribution < 1.29 is 9.32 Å². The number of hydrogen-bond acceptors (Lipinski definition) is 3. The molecular weight excluding hydrogens is 204 g/mol. The van der Waals surface area contributed by atoms with Crippen LogP contribution in [0.2, 0.25) is 0 Å². The van der Waals surface area contributed by atoms with Crippen LogP contribution in [-0.2, 0) is 11.3 Å². The van der Waals surface area contributed by atoms with Gasteiger partial charge in [-0.1, -0.05) is 29.4 Å². The number of hydrogen-bond donors (Lipinski definition) is 1. The van der Waals surface area contributed by atoms with Crippen molar-refractivity contribution in [3.8, 4) is 11.3 Å². The van der Waals surface area contributed by atoms with Crippen molar-refractivity contribution in [1.29, 1.82) is 0 Å². The molecule has 0 aliphatic rings. The zero-order chi connectivity index (χ0) is 11.4. The molecule has 2 rings (SSSR count). The lowest BCUT2D eigenvalue weighted by molar-refractivity contribution is -0.119. The summed E-state index contributed by atoms with van der Waals surface area (Å²) >= 11 is 0. The molecule has 1 N–H and O–H groups in total. The smallest absolute Gasteiger partial charge is 0.217 e. The van der Waals surface area contributed by atoms with Gasteiger partial charge in [0.1, 0.15) is 5.69 Å². The third kappa shape index (κ3) is 2.48. The molecule has 1 aromatic carbocycles. The summed E-state index contributed by atoms with van der Waals surface area (Å²) in [5.74, 6) is 0.547. The highest BCUT2D eigenvalue weighted by atomic mass is 16.5. The van der Waals surface area contributed by atoms with Crippen LogP contribution in [-0.4, -0.2) is 11.1 Å². The molecule has 4 heteroatoms. The molecule has 0 aliphatic heterocycles. The van der Waals surface area contributed by atoms with Gasteiger partial charge in [-0.2, -0.15) is 0 Å². The Hall–Kier alpha value is -2.10. The summed E-state index contributed by atoms with van der Waals surface area (Å²) < 4.78 is 5.09. The molecule has 1 heterocycles. The number of aromatic nitrogens is 1. The van der Waals surface area contributed by atoms with Crippen molar-refractivity contribution in [1.82, 2.24) is 10.5 Å². The summed E-state index contributed by atoms with van der Waals surface area (Å²) in [6.45, 7) is 1.83. The van der Waals surface area contributed by atoms with Gasteiger partial charge in [-0.15, -0.1) is 0 Å². The molecule has 1 aromatic heterocycles. The summed E-state index contributed by atoms with van der Waals surface area (Å²) in [6.07, 6.45) is 0. The molecule has 16 heavy (non-hydrogen) atoms. The average Bonchev–Trinajstić information content (AvgIpc) is 2.76. The van der Waals surface area contributed by atoms with Crippen molar-refractivity contribution >= 4 is 5.91 Å². The number of nitrogens with one attached hydrogen (secondary N) is 1. The number of amides is 1. The van der Waals surface area contributed by atoms with E-state index < -0.39 is 0 Å². The van der Waals surface area contributed by atoms with Crippen LogP contribution in [0.1, 0.15) is 12.7 Å². The lowest BCUT2D eigenvalue weighted by Crippen LogP contribution is -2.18. The van der Waals surface area contributed by atoms with Gasteiger partial charge in [-0.25, -0.2) is 0 Å². The van der Waals surface area contributed by atoms with E-state index >= 15 is 0 Å². The maximum Gasteiger partial charge on any atom is 0.217 e. The highest BCUT2D eigenvalue weighted by Gasteiger charge is 2.05. The number of carbonyl (C=O) groups is 1. The van der Waals surface area contributed by atoms with Crippen molar-refractivity contribution in [3.05, 3.63) is 42.2 Å². The molecule has 81 valence electrons. The van der Waals surface area contributed by atoms with E-state index in [1.54, 1.807) is 0 Å². The summed E-state index contributed by atoms with van der Waals surface area (Å²) in [5.41, 5.74) is 1.73. The van der Waals surface area contributed by atoms with Crippen molar-refractivity contribution in [3.63, 3.8) is 0 Å². The Bertz CT molecular complexity index is 477. The van der Waals surface area contributed by atoms with Crippen LogP contribution >= 0.6 is 0 Å². The molecule has 0 spiro atoms. The molecule has 0 unspecified atom stereocenters. The van der Waals surface area contributed by atoms with Gasteiger partial charge >= 0.3 is 0 Å². The van der Waals surface area contributed by atoms with Gasteiger partial charge in [0.15, 0.2) is 5.76 Å². The molecule has 2 aromatic rings. The lowest BCUT2D eigenvalue weighted by Gasteiger charge is -1.94. The van der Waals surface area contributed by atoms with Crippen molar-refractivity contribution in [2.45, 2.75) is 13.5 Å². The predicted octanol–water partition coefficient (Wildman–Crippen LogP) is 1.78. The van der Waals surface area contributed by atoms with Gasteiger partial charge in [-0.05, 0) is 6.07 Å². The third-order valence-electron chi connectivity index (χ3n) is 2.08. The van der Waals surface area contributed by atoms with Crippen LogP contribution in [0.5, 0.6) is 0 Å². The Balaban J connectivity index is 2.11. The first kappa shape index (κ1) is 10.4. The van der Waals surface area contributed by atoms with Crippen molar-refractivity contribution in [2.75, 3.05) is 0 Å². The minimum atomic E-state index is -0.0905. The topological polar surface area (TPSA) is 55.1 Å². The van der Waals surface area contributed by atoms with Gasteiger partial charge in [0.25, 0.3) is 0 Å². The Labute approximate surface area is 93.3 Å². The maximum atomic E-state index is 10.7. The minimum Gasteiger partial charge on any atom is -0.359 e. The highest BCUT2D eigenvalue weighted by molar-refractivity contribution is 5.72. The maximum absolute atomic E-state index is 10.7. The Morgan fingerprint density at radius 1 is 1.50 bits per heavy atom. The van der Waals surface area contributed by atoms with E-state index in [9.17, 15) is 4.79 Å². The fraction of sp³-hybridized carbons (Fsp3) is 0.167. The SMILES string of the molecule is CC(=O)NCc1cc(-c2cc[c]cc2)no1. The molecule has 0 saturated carbocycles. The Morgan fingerprint density at radius 2 is 2.25 bits per heavy atom. The predicted molar refractivity (Wildman–Crippen MR) is 58.3 cm³/mol. The number of benzene rings is 1. The van der Waals surface area contributed by atoms with E-state index in [0.717, 1.165) is 11.3 Å². The first-order valence-corrected chi connectivity index (χ1v) is 4.92. The standard InChI is InChI=1S/C12H11N2O2/c1-9(15)13-8-11-7-12(14-16-11)10-5-3-2-4-6-10/h3-7H,8H2,1H3,(H,13,15). The second-order valence-corrected chi connectivity index (χ2v) is 3.38. The monoisotopic (exact) mass is 215 g/mol. The summed E-state index contributed by atoms with van der Waals surface area (Å²) in [4.78, 5) is 10.7. The van der Waals surface area contributed by atoms with Gasteiger partial charge in [-0.3, -0.25) is 4.79 Å². The minimum absolute atomic E-state index is 0.0905. The largest absolute Gasteiger partial charge is 0.359 e. The molecule has 1 radical (unpaired) electrons. The van der Waals surface area contributed by atoms with Gasteiger partial charge < -0.3 is 9.84 Å². The molecule has 0 atom stereocenters. The van der Waals surface area contributed by atoms with Crippen LogP contribution < -0.4 is 5.32 Å². The van der Waals surface area contributed by atoms with Gasteiger partial charge in [0.05, 0.1) is 6.54 Å². The molecule has 1 amide bonds. The number of nitrogens with zero attached hydrogens (tertiary/aromatic N) is 1. The van der Waals surface area contributed by atoms with Crippen LogP contribution in [0.25, 0.3) is 11.3 Å². The summed E-state index contributed by atoms with van der Waals surface area (Å²) in [6, 6.07) is 12.2. The quantitative estimate of drug-likeness (QED) is 0.849. The molecule has 0 saturated heterocycles. The normalized spacial score (nSPS) is 10.1. The fourth-order valence-corrected chi connectivity index (χ4v) is 1.30. The second kappa shape index (κ2) is 4.61. The van der Waals surface area contributed by atoms with Gasteiger partial charge in [0.2, 0.25) is 5.91 Å². The van der Waals surface area contributed by atoms with E-state index in [1.165, 1.54) is 6.92 Å². The number of carbonyl (C=O) groups excluding carboxylic acids is 1. The number of rotatable bonds is 3. The Morgan fingerprint density at radius 3 is 2.94 bits per heavy atom. The second-order valence-electron chi connectivity index (χ2n) is 3.38. The van der Waals surface area contributed by atoms with Crippen LogP contribution in [0.3, 0.4) is 0 Å². The fourth-order valence-electron chi connectivity index (χ4n) is 1.30. The van der Waals surface area contributed by atoms with Crippen LogP contribution in [0.4, 0.5) is 0 Å². The highest BCUT2D eigenvalue weighted by Crippen LogP contribution is 2.18. The molecule has 0 fully saturated rings. The van der Waals surface area contributed by atoms with E-state index in [1.807, 2.05) is 30.3 Å². The van der Waals surface area contributed by atoms with E-state index in [2.05, 4.69) is 16.5 Å². The van der Waals surface area contributed by atoms with E-state index in [0.29, 0.717) is 12.3 Å². The summed E-state index contributed by atoms with van der Waals surface area (Å²) in [7, 11) is 0. The first-order chi connectivity index (χ1) is 7.75. The molecule has 0 bridgehead atoms. The third-order valence-corrected chi connectivity index (χ3v) is 2.08. The van der Waals surface area contributed by atoms with Crippen molar-refractivity contribution in [2.24, 2.45) is 0 Å². The zero-order valence-corrected chi connectivity index (χ0v) is 8.86. The van der Waals surface area contributed by atoms with E-state index in [4.69, 9.17) is 4.52 Å². The molecular formula is C12H11N2O2. The molecule has 0 aliphatic carbocycles. The zero-order valence-electron chi connectivity index (χ0n) is 8.86. The Kier molecular flexibility index (Phi) is 3.00. The average molecular weight is 215 g/mol. The van der Waals surface area contributed by atoms with Crippen LogP contribution in [0.15, 0.2) is 34.9 Å². The summed E-state index contributed by atoms with van der Waals surface area (Å²) in [5, 5.41) is 6.57. The first-order valence-electron chi connectivity index (χ1n) is 4.92.